The number of nitrogens with one attached hydrogen (secondary N) is 1. The largest absolute Gasteiger partial charge is 0.481 e. The predicted octanol–water partition coefficient (Wildman–Crippen LogP) is 4.18. The number of hydrogen-bond acceptors (Lipinski definition) is 3. The van der Waals surface area contributed by atoms with Crippen LogP contribution in [0.1, 0.15) is 34.8 Å². The molecule has 0 heterocycles. The number of ketones is 1. The molecule has 0 aromatic heterocycles. The van der Waals surface area contributed by atoms with Crippen molar-refractivity contribution in [1.82, 2.24) is 0 Å². The van der Waals surface area contributed by atoms with Gasteiger partial charge in [-0.3, -0.25) is 9.59 Å². The Bertz CT molecular complexity index is 816. The number of benzene rings is 2. The minimum absolute atomic E-state index is 0.127. The van der Waals surface area contributed by atoms with Gasteiger partial charge in [-0.05, 0) is 44.0 Å². The normalized spacial score (nSPS) is 14.2. The number of rotatable bonds is 4. The first-order valence-corrected chi connectivity index (χ1v) is 8.22. The van der Waals surface area contributed by atoms with Crippen molar-refractivity contribution in [3.8, 4) is 5.75 Å². The van der Waals surface area contributed by atoms with Gasteiger partial charge in [0.15, 0.2) is 11.9 Å². The molecule has 1 amide bonds. The van der Waals surface area contributed by atoms with Gasteiger partial charge in [-0.15, -0.1) is 0 Å². The van der Waals surface area contributed by atoms with Crippen LogP contribution in [-0.4, -0.2) is 17.8 Å². The number of aryl methyl sites for hydroxylation is 1. The molecule has 0 aliphatic heterocycles. The van der Waals surface area contributed by atoms with Crippen LogP contribution in [0.15, 0.2) is 36.4 Å². The van der Waals surface area contributed by atoms with Crippen LogP contribution in [0.4, 0.5) is 5.69 Å². The number of fused-ring (bicyclic) bond motifs is 1. The van der Waals surface area contributed by atoms with E-state index >= 15 is 0 Å². The van der Waals surface area contributed by atoms with E-state index in [4.69, 9.17) is 16.3 Å². The predicted molar refractivity (Wildman–Crippen MR) is 94.0 cm³/mol. The molecule has 0 saturated carbocycles. The summed E-state index contributed by atoms with van der Waals surface area (Å²) < 4.78 is 5.81. The summed E-state index contributed by atoms with van der Waals surface area (Å²) in [5.74, 6) is 0.466. The highest BCUT2D eigenvalue weighted by molar-refractivity contribution is 6.31. The molecule has 0 radical (unpaired) electrons. The van der Waals surface area contributed by atoms with Crippen molar-refractivity contribution in [2.75, 3.05) is 5.32 Å². The highest BCUT2D eigenvalue weighted by Gasteiger charge is 2.24. The molecule has 1 aliphatic rings. The highest BCUT2D eigenvalue weighted by Crippen LogP contribution is 2.31. The molecule has 1 N–H and O–H groups in total. The average Bonchev–Trinajstić information content (AvgIpc) is 2.93. The fourth-order valence-electron chi connectivity index (χ4n) is 2.78. The summed E-state index contributed by atoms with van der Waals surface area (Å²) in [7, 11) is 0. The Labute approximate surface area is 145 Å². The van der Waals surface area contributed by atoms with Gasteiger partial charge in [-0.1, -0.05) is 29.8 Å². The second-order valence-corrected chi connectivity index (χ2v) is 6.35. The quantitative estimate of drug-likeness (QED) is 0.905. The Morgan fingerprint density at radius 2 is 2.04 bits per heavy atom. The van der Waals surface area contributed by atoms with Gasteiger partial charge in [0.2, 0.25) is 0 Å². The third kappa shape index (κ3) is 3.29. The molecule has 5 heteroatoms. The second-order valence-electron chi connectivity index (χ2n) is 5.91. The lowest BCUT2D eigenvalue weighted by Crippen LogP contribution is -2.30. The lowest BCUT2D eigenvalue weighted by molar-refractivity contribution is -0.122. The van der Waals surface area contributed by atoms with E-state index < -0.39 is 6.10 Å². The van der Waals surface area contributed by atoms with Gasteiger partial charge < -0.3 is 10.1 Å². The van der Waals surface area contributed by atoms with Gasteiger partial charge in [-0.25, -0.2) is 0 Å². The Hall–Kier alpha value is -2.33. The summed E-state index contributed by atoms with van der Waals surface area (Å²) in [6.45, 7) is 3.58. The number of amides is 1. The van der Waals surface area contributed by atoms with Crippen LogP contribution < -0.4 is 10.1 Å². The maximum Gasteiger partial charge on any atom is 0.265 e. The molecule has 0 spiro atoms. The molecular weight excluding hydrogens is 326 g/mol. The Kier molecular flexibility index (Phi) is 4.58. The van der Waals surface area contributed by atoms with Crippen LogP contribution in [-0.2, 0) is 11.2 Å². The lowest BCUT2D eigenvalue weighted by Gasteiger charge is -2.17. The molecule has 0 unspecified atom stereocenters. The molecule has 2 aromatic rings. The standard InChI is InChI=1S/C19H18ClNO3/c1-11-6-7-13(20)10-16(11)21-19(23)12(2)24-18-5-3-4-14-15(18)8-9-17(14)22/h3-7,10,12H,8-9H2,1-2H3,(H,21,23)/t12-/m1/s1. The number of anilines is 1. The summed E-state index contributed by atoms with van der Waals surface area (Å²) >= 11 is 5.97. The molecule has 124 valence electrons. The van der Waals surface area contributed by atoms with E-state index in [9.17, 15) is 9.59 Å². The molecular formula is C19H18ClNO3. The number of Topliss-reactive ketones (excluding diaryl/α,β-unsaturated/α-hetero) is 1. The van der Waals surface area contributed by atoms with E-state index in [0.29, 0.717) is 34.9 Å². The summed E-state index contributed by atoms with van der Waals surface area (Å²) in [6, 6.07) is 10.7. The first-order valence-electron chi connectivity index (χ1n) is 7.84. The minimum Gasteiger partial charge on any atom is -0.481 e. The average molecular weight is 344 g/mol. The molecule has 3 rings (SSSR count). The van der Waals surface area contributed by atoms with Crippen molar-refractivity contribution >= 4 is 29.0 Å². The molecule has 4 nitrogen and oxygen atoms in total. The van der Waals surface area contributed by atoms with E-state index in [1.54, 1.807) is 37.3 Å². The van der Waals surface area contributed by atoms with Crippen molar-refractivity contribution in [1.29, 1.82) is 0 Å². The minimum atomic E-state index is -0.689. The zero-order valence-electron chi connectivity index (χ0n) is 13.6. The Balaban J connectivity index is 1.74. The van der Waals surface area contributed by atoms with Gasteiger partial charge in [0, 0.05) is 28.3 Å². The second kappa shape index (κ2) is 6.65. The zero-order chi connectivity index (χ0) is 17.3. The first-order chi connectivity index (χ1) is 11.5. The summed E-state index contributed by atoms with van der Waals surface area (Å²) in [5, 5.41) is 3.39. The van der Waals surface area contributed by atoms with Crippen molar-refractivity contribution in [3.05, 3.63) is 58.1 Å². The van der Waals surface area contributed by atoms with Crippen LogP contribution in [0, 0.1) is 6.92 Å². The van der Waals surface area contributed by atoms with Crippen molar-refractivity contribution < 1.29 is 14.3 Å². The van der Waals surface area contributed by atoms with E-state index in [0.717, 1.165) is 11.1 Å². The maximum absolute atomic E-state index is 12.4. The molecule has 0 bridgehead atoms. The molecule has 1 aliphatic carbocycles. The van der Waals surface area contributed by atoms with Crippen LogP contribution in [0.3, 0.4) is 0 Å². The van der Waals surface area contributed by atoms with Gasteiger partial charge in [0.05, 0.1) is 0 Å². The van der Waals surface area contributed by atoms with Crippen molar-refractivity contribution in [3.63, 3.8) is 0 Å². The zero-order valence-corrected chi connectivity index (χ0v) is 14.3. The first kappa shape index (κ1) is 16.5. The SMILES string of the molecule is Cc1ccc(Cl)cc1NC(=O)[C@@H](C)Oc1cccc2c1CCC2=O. The van der Waals surface area contributed by atoms with E-state index in [1.807, 2.05) is 13.0 Å². The smallest absolute Gasteiger partial charge is 0.265 e. The maximum atomic E-state index is 12.4. The Morgan fingerprint density at radius 3 is 2.83 bits per heavy atom. The number of ether oxygens (including phenoxy) is 1. The van der Waals surface area contributed by atoms with Crippen LogP contribution >= 0.6 is 11.6 Å². The summed E-state index contributed by atoms with van der Waals surface area (Å²) in [5.41, 5.74) is 3.18. The topological polar surface area (TPSA) is 55.4 Å². The number of halogens is 1. The van der Waals surface area contributed by atoms with Crippen molar-refractivity contribution in [2.45, 2.75) is 32.8 Å². The summed E-state index contributed by atoms with van der Waals surface area (Å²) in [4.78, 5) is 24.2. The van der Waals surface area contributed by atoms with E-state index in [1.165, 1.54) is 0 Å². The third-order valence-electron chi connectivity index (χ3n) is 4.17. The van der Waals surface area contributed by atoms with Crippen LogP contribution in [0.5, 0.6) is 5.75 Å². The molecule has 1 atom stereocenters. The van der Waals surface area contributed by atoms with Gasteiger partial charge in [-0.2, -0.15) is 0 Å². The van der Waals surface area contributed by atoms with Gasteiger partial charge in [0.1, 0.15) is 5.75 Å². The van der Waals surface area contributed by atoms with Crippen LogP contribution in [0.2, 0.25) is 5.02 Å². The number of hydrogen-bond donors (Lipinski definition) is 1. The number of carbonyl (C=O) groups excluding carboxylic acids is 2. The lowest BCUT2D eigenvalue weighted by atomic mass is 10.1. The van der Waals surface area contributed by atoms with Gasteiger partial charge in [0.25, 0.3) is 5.91 Å². The summed E-state index contributed by atoms with van der Waals surface area (Å²) in [6.07, 6.45) is 0.468. The molecule has 24 heavy (non-hydrogen) atoms. The number of carbonyl (C=O) groups is 2. The fourth-order valence-corrected chi connectivity index (χ4v) is 2.95. The molecule has 2 aromatic carbocycles. The Morgan fingerprint density at radius 1 is 1.25 bits per heavy atom. The highest BCUT2D eigenvalue weighted by atomic mass is 35.5. The van der Waals surface area contributed by atoms with E-state index in [-0.39, 0.29) is 11.7 Å². The monoisotopic (exact) mass is 343 g/mol. The fraction of sp³-hybridized carbons (Fsp3) is 0.263. The molecule has 0 fully saturated rings. The van der Waals surface area contributed by atoms with E-state index in [2.05, 4.69) is 5.32 Å². The van der Waals surface area contributed by atoms with Crippen LogP contribution in [0.25, 0.3) is 0 Å². The third-order valence-corrected chi connectivity index (χ3v) is 4.40. The van der Waals surface area contributed by atoms with Crippen molar-refractivity contribution in [2.24, 2.45) is 0 Å². The molecule has 0 saturated heterocycles. The van der Waals surface area contributed by atoms with Gasteiger partial charge >= 0.3 is 0 Å².